The van der Waals surface area contributed by atoms with Crippen LogP contribution in [0.5, 0.6) is 5.75 Å². The molecule has 0 bridgehead atoms. The number of carbonyl (C=O) groups excluding carboxylic acids is 1. The van der Waals surface area contributed by atoms with Crippen LogP contribution in [0.1, 0.15) is 0 Å². The molecule has 1 aromatic carbocycles. The summed E-state index contributed by atoms with van der Waals surface area (Å²) >= 11 is 1.57. The Morgan fingerprint density at radius 3 is 3.07 bits per heavy atom. The summed E-state index contributed by atoms with van der Waals surface area (Å²) in [4.78, 5) is 12.1. The maximum absolute atomic E-state index is 11.1. The zero-order valence-electron chi connectivity index (χ0n) is 7.66. The number of nitrogen functional groups attached to an aromatic ring is 1. The molecule has 14 heavy (non-hydrogen) atoms. The Kier molecular flexibility index (Phi) is 2.25. The van der Waals surface area contributed by atoms with Gasteiger partial charge in [0.15, 0.2) is 12.4 Å². The second kappa shape index (κ2) is 3.42. The van der Waals surface area contributed by atoms with Gasteiger partial charge in [-0.2, -0.15) is 0 Å². The average Bonchev–Trinajstić information content (AvgIpc) is 2.16. The highest BCUT2D eigenvalue weighted by molar-refractivity contribution is 7.98. The van der Waals surface area contributed by atoms with Crippen molar-refractivity contribution in [1.29, 1.82) is 0 Å². The second-order valence-corrected chi connectivity index (χ2v) is 3.81. The molecule has 0 unspecified atom stereocenters. The molecule has 0 atom stereocenters. The van der Waals surface area contributed by atoms with Crippen molar-refractivity contribution in [2.24, 2.45) is 0 Å². The lowest BCUT2D eigenvalue weighted by Gasteiger charge is -2.20. The summed E-state index contributed by atoms with van der Waals surface area (Å²) in [6.45, 7) is 0.0375. The first-order valence-electron chi connectivity index (χ1n) is 4.11. The molecule has 0 saturated heterocycles. The summed E-state index contributed by atoms with van der Waals surface area (Å²) in [7, 11) is 0. The average molecular weight is 210 g/mol. The SMILES string of the molecule is CSc1cc(N)c2c(c1)NC(=O)CO2. The maximum atomic E-state index is 11.1. The van der Waals surface area contributed by atoms with Crippen LogP contribution in [-0.2, 0) is 4.79 Å². The van der Waals surface area contributed by atoms with Crippen LogP contribution in [0.4, 0.5) is 11.4 Å². The molecule has 0 spiro atoms. The maximum Gasteiger partial charge on any atom is 0.262 e. The molecule has 1 aliphatic rings. The Bertz CT molecular complexity index is 393. The van der Waals surface area contributed by atoms with E-state index in [2.05, 4.69) is 5.32 Å². The summed E-state index contributed by atoms with van der Waals surface area (Å²) in [6.07, 6.45) is 1.95. The summed E-state index contributed by atoms with van der Waals surface area (Å²) < 4.78 is 5.22. The fourth-order valence-corrected chi connectivity index (χ4v) is 1.80. The van der Waals surface area contributed by atoms with E-state index in [-0.39, 0.29) is 12.5 Å². The Hall–Kier alpha value is -1.36. The number of fused-ring (bicyclic) bond motifs is 1. The van der Waals surface area contributed by atoms with Crippen molar-refractivity contribution in [3.05, 3.63) is 12.1 Å². The number of rotatable bonds is 1. The van der Waals surface area contributed by atoms with Crippen molar-refractivity contribution in [3.8, 4) is 5.75 Å². The molecule has 4 nitrogen and oxygen atoms in total. The number of carbonyl (C=O) groups is 1. The number of hydrogen-bond donors (Lipinski definition) is 2. The van der Waals surface area contributed by atoms with E-state index in [1.807, 2.05) is 18.4 Å². The highest BCUT2D eigenvalue weighted by Gasteiger charge is 2.18. The summed E-state index contributed by atoms with van der Waals surface area (Å²) in [6, 6.07) is 3.69. The lowest BCUT2D eigenvalue weighted by Crippen LogP contribution is -2.25. The van der Waals surface area contributed by atoms with E-state index in [1.165, 1.54) is 0 Å². The van der Waals surface area contributed by atoms with Gasteiger partial charge in [-0.3, -0.25) is 4.79 Å². The molecular formula is C9H10N2O2S. The summed E-state index contributed by atoms with van der Waals surface area (Å²) in [5.74, 6) is 0.428. The second-order valence-electron chi connectivity index (χ2n) is 2.93. The smallest absolute Gasteiger partial charge is 0.262 e. The normalized spacial score (nSPS) is 14.2. The van der Waals surface area contributed by atoms with Crippen molar-refractivity contribution in [2.45, 2.75) is 4.90 Å². The van der Waals surface area contributed by atoms with E-state index in [9.17, 15) is 4.79 Å². The van der Waals surface area contributed by atoms with Crippen molar-refractivity contribution in [2.75, 3.05) is 23.9 Å². The number of amides is 1. The van der Waals surface area contributed by atoms with Crippen LogP contribution in [0.2, 0.25) is 0 Å². The van der Waals surface area contributed by atoms with Gasteiger partial charge in [0.05, 0.1) is 11.4 Å². The van der Waals surface area contributed by atoms with Gasteiger partial charge >= 0.3 is 0 Å². The molecule has 74 valence electrons. The predicted octanol–water partition coefficient (Wildman–Crippen LogP) is 1.32. The molecule has 0 radical (unpaired) electrons. The number of nitrogens with two attached hydrogens (primary N) is 1. The minimum Gasteiger partial charge on any atom is -0.479 e. The van der Waals surface area contributed by atoms with Gasteiger partial charge in [-0.05, 0) is 18.4 Å². The zero-order valence-corrected chi connectivity index (χ0v) is 8.48. The molecule has 0 aliphatic carbocycles. The lowest BCUT2D eigenvalue weighted by molar-refractivity contribution is -0.118. The number of thioether (sulfide) groups is 1. The van der Waals surface area contributed by atoms with Crippen molar-refractivity contribution >= 4 is 29.0 Å². The van der Waals surface area contributed by atoms with Crippen LogP contribution < -0.4 is 15.8 Å². The van der Waals surface area contributed by atoms with Gasteiger partial charge in [0.25, 0.3) is 5.91 Å². The monoisotopic (exact) mass is 210 g/mol. The Morgan fingerprint density at radius 1 is 1.57 bits per heavy atom. The molecule has 3 N–H and O–H groups in total. The molecule has 0 aromatic heterocycles. The van der Waals surface area contributed by atoms with E-state index >= 15 is 0 Å². The minimum atomic E-state index is -0.143. The number of anilines is 2. The molecule has 0 saturated carbocycles. The lowest BCUT2D eigenvalue weighted by atomic mass is 10.2. The van der Waals surface area contributed by atoms with Gasteiger partial charge < -0.3 is 15.8 Å². The van der Waals surface area contributed by atoms with Crippen LogP contribution in [0.25, 0.3) is 0 Å². The van der Waals surface area contributed by atoms with Gasteiger partial charge in [-0.15, -0.1) is 11.8 Å². The predicted molar refractivity (Wildman–Crippen MR) is 56.8 cm³/mol. The van der Waals surface area contributed by atoms with Crippen molar-refractivity contribution in [3.63, 3.8) is 0 Å². The van der Waals surface area contributed by atoms with Crippen molar-refractivity contribution in [1.82, 2.24) is 0 Å². The molecule has 2 rings (SSSR count). The number of benzene rings is 1. The quantitative estimate of drug-likeness (QED) is 0.542. The van der Waals surface area contributed by atoms with Crippen LogP contribution in [0.15, 0.2) is 17.0 Å². The number of nitrogens with one attached hydrogen (secondary N) is 1. The van der Waals surface area contributed by atoms with Gasteiger partial charge in [0, 0.05) is 4.90 Å². The van der Waals surface area contributed by atoms with Gasteiger partial charge in [0.1, 0.15) is 0 Å². The number of ether oxygens (including phenoxy) is 1. The summed E-state index contributed by atoms with van der Waals surface area (Å²) in [5.41, 5.74) is 6.99. The Morgan fingerprint density at radius 2 is 2.36 bits per heavy atom. The molecule has 5 heteroatoms. The van der Waals surface area contributed by atoms with E-state index < -0.39 is 0 Å². The molecule has 1 amide bonds. The highest BCUT2D eigenvalue weighted by atomic mass is 32.2. The van der Waals surface area contributed by atoms with Crippen LogP contribution in [0.3, 0.4) is 0 Å². The third kappa shape index (κ3) is 1.50. The Balaban J connectivity index is 2.48. The van der Waals surface area contributed by atoms with E-state index in [4.69, 9.17) is 10.5 Å². The van der Waals surface area contributed by atoms with Gasteiger partial charge in [-0.1, -0.05) is 0 Å². The van der Waals surface area contributed by atoms with Crippen molar-refractivity contribution < 1.29 is 9.53 Å². The summed E-state index contributed by atoms with van der Waals surface area (Å²) in [5, 5.41) is 2.72. The molecule has 1 aliphatic heterocycles. The molecule has 1 heterocycles. The molecule has 1 aromatic rings. The van der Waals surface area contributed by atoms with Crippen LogP contribution in [0, 0.1) is 0 Å². The molecule has 0 fully saturated rings. The third-order valence-corrected chi connectivity index (χ3v) is 2.66. The van der Waals surface area contributed by atoms with Gasteiger partial charge in [-0.25, -0.2) is 0 Å². The fraction of sp³-hybridized carbons (Fsp3) is 0.222. The molecular weight excluding hydrogens is 200 g/mol. The largest absolute Gasteiger partial charge is 0.479 e. The standard InChI is InChI=1S/C9H10N2O2S/c1-14-5-2-6(10)9-7(3-5)11-8(12)4-13-9/h2-3H,4,10H2,1H3,(H,11,12). The van der Waals surface area contributed by atoms with Gasteiger partial charge in [0.2, 0.25) is 0 Å². The minimum absolute atomic E-state index is 0.0375. The Labute approximate surface area is 85.8 Å². The first-order chi connectivity index (χ1) is 6.70. The van der Waals surface area contributed by atoms with E-state index in [1.54, 1.807) is 11.8 Å². The number of hydrogen-bond acceptors (Lipinski definition) is 4. The fourth-order valence-electron chi connectivity index (χ4n) is 1.32. The first kappa shape index (κ1) is 9.21. The third-order valence-electron chi connectivity index (χ3n) is 1.95. The highest BCUT2D eigenvalue weighted by Crippen LogP contribution is 2.37. The zero-order chi connectivity index (χ0) is 10.1. The van der Waals surface area contributed by atoms with Crippen LogP contribution >= 0.6 is 11.8 Å². The van der Waals surface area contributed by atoms with Crippen LogP contribution in [-0.4, -0.2) is 18.8 Å². The first-order valence-corrected chi connectivity index (χ1v) is 5.33. The topological polar surface area (TPSA) is 64.3 Å². The van der Waals surface area contributed by atoms with E-state index in [0.29, 0.717) is 17.1 Å². The van der Waals surface area contributed by atoms with E-state index in [0.717, 1.165) is 4.90 Å².